The van der Waals surface area contributed by atoms with Crippen molar-refractivity contribution in [3.05, 3.63) is 41.7 Å². The van der Waals surface area contributed by atoms with E-state index in [1.54, 1.807) is 4.68 Å². The number of unbranched alkanes of at least 4 members (excludes halogenated alkanes) is 1. The zero-order chi connectivity index (χ0) is 15.5. The molecule has 1 N–H and O–H groups in total. The highest BCUT2D eigenvalue weighted by Crippen LogP contribution is 2.22. The number of anilines is 1. The fraction of sp³-hybridized carbons (Fsp3) is 0.353. The van der Waals surface area contributed by atoms with E-state index in [9.17, 15) is 0 Å². The Kier molecular flexibility index (Phi) is 5.55. The van der Waals surface area contributed by atoms with Gasteiger partial charge in [-0.05, 0) is 38.5 Å². The van der Waals surface area contributed by atoms with Crippen molar-refractivity contribution < 1.29 is 0 Å². The summed E-state index contributed by atoms with van der Waals surface area (Å²) in [7, 11) is 0. The van der Waals surface area contributed by atoms with Gasteiger partial charge in [0, 0.05) is 17.6 Å². The number of fused-ring (bicyclic) bond motifs is 1. The number of aryl methyl sites for hydroxylation is 2. The van der Waals surface area contributed by atoms with E-state index in [0.717, 1.165) is 47.5 Å². The molecule has 6 heteroatoms. The van der Waals surface area contributed by atoms with Gasteiger partial charge in [0.25, 0.3) is 5.95 Å². The minimum atomic E-state index is 0. The lowest BCUT2D eigenvalue weighted by molar-refractivity contribution is 0.777. The first-order valence-corrected chi connectivity index (χ1v) is 7.73. The number of para-hydroxylation sites is 1. The summed E-state index contributed by atoms with van der Waals surface area (Å²) in [5.41, 5.74) is 2.93. The molecule has 0 amide bonds. The summed E-state index contributed by atoms with van der Waals surface area (Å²) in [5.74, 6) is 1.49. The van der Waals surface area contributed by atoms with Gasteiger partial charge in [-0.3, -0.25) is 0 Å². The van der Waals surface area contributed by atoms with Gasteiger partial charge >= 0.3 is 0 Å². The van der Waals surface area contributed by atoms with E-state index in [1.807, 2.05) is 38.1 Å². The summed E-state index contributed by atoms with van der Waals surface area (Å²) >= 11 is 0. The van der Waals surface area contributed by atoms with Crippen molar-refractivity contribution in [2.75, 3.05) is 11.9 Å². The Morgan fingerprint density at radius 2 is 1.91 bits per heavy atom. The van der Waals surface area contributed by atoms with Gasteiger partial charge in [-0.1, -0.05) is 25.5 Å². The van der Waals surface area contributed by atoms with E-state index in [1.165, 1.54) is 0 Å². The molecule has 23 heavy (non-hydrogen) atoms. The third-order valence-corrected chi connectivity index (χ3v) is 3.61. The third kappa shape index (κ3) is 3.62. The van der Waals surface area contributed by atoms with Crippen LogP contribution in [0.3, 0.4) is 0 Å². The van der Waals surface area contributed by atoms with Gasteiger partial charge in [0.15, 0.2) is 0 Å². The van der Waals surface area contributed by atoms with Crippen LogP contribution in [0.1, 0.15) is 31.2 Å². The minimum absolute atomic E-state index is 0. The molecule has 0 fully saturated rings. The quantitative estimate of drug-likeness (QED) is 0.716. The van der Waals surface area contributed by atoms with E-state index in [0.29, 0.717) is 5.95 Å². The number of nitrogens with zero attached hydrogens (tertiary/aromatic N) is 4. The molecule has 0 saturated carbocycles. The van der Waals surface area contributed by atoms with Crippen LogP contribution in [0.5, 0.6) is 0 Å². The summed E-state index contributed by atoms with van der Waals surface area (Å²) in [4.78, 5) is 9.35. The highest BCUT2D eigenvalue weighted by Gasteiger charge is 2.11. The molecule has 0 aliphatic heterocycles. The molecular weight excluding hydrogens is 310 g/mol. The van der Waals surface area contributed by atoms with Crippen LogP contribution in [-0.4, -0.2) is 26.3 Å². The van der Waals surface area contributed by atoms with Crippen LogP contribution in [0.25, 0.3) is 16.9 Å². The van der Waals surface area contributed by atoms with Crippen molar-refractivity contribution in [3.8, 4) is 5.95 Å². The van der Waals surface area contributed by atoms with Crippen molar-refractivity contribution >= 4 is 29.1 Å². The van der Waals surface area contributed by atoms with Crippen molar-refractivity contribution in [3.63, 3.8) is 0 Å². The Bertz CT molecular complexity index is 797. The zero-order valence-corrected chi connectivity index (χ0v) is 14.5. The smallest absolute Gasteiger partial charge is 0.253 e. The molecule has 0 radical (unpaired) electrons. The van der Waals surface area contributed by atoms with E-state index < -0.39 is 0 Å². The Morgan fingerprint density at radius 1 is 1.13 bits per heavy atom. The molecule has 3 rings (SSSR count). The summed E-state index contributed by atoms with van der Waals surface area (Å²) in [5, 5.41) is 8.97. The molecule has 0 bridgehead atoms. The second kappa shape index (κ2) is 7.42. The van der Waals surface area contributed by atoms with Gasteiger partial charge in [0.1, 0.15) is 5.82 Å². The second-order valence-electron chi connectivity index (χ2n) is 5.51. The molecule has 122 valence electrons. The molecule has 2 aromatic heterocycles. The Hall–Kier alpha value is -2.14. The average molecular weight is 332 g/mol. The highest BCUT2D eigenvalue weighted by atomic mass is 35.5. The van der Waals surface area contributed by atoms with Crippen LogP contribution in [-0.2, 0) is 0 Å². The van der Waals surface area contributed by atoms with Gasteiger partial charge < -0.3 is 5.32 Å². The normalized spacial score (nSPS) is 10.6. The Balaban J connectivity index is 0.00000192. The van der Waals surface area contributed by atoms with Crippen LogP contribution < -0.4 is 5.32 Å². The Morgan fingerprint density at radius 3 is 2.61 bits per heavy atom. The summed E-state index contributed by atoms with van der Waals surface area (Å²) in [6, 6.07) is 10.1. The average Bonchev–Trinajstić information content (AvgIpc) is 2.86. The molecule has 1 aromatic carbocycles. The molecule has 0 atom stereocenters. The summed E-state index contributed by atoms with van der Waals surface area (Å²) in [6.45, 7) is 7.09. The molecule has 3 aromatic rings. The fourth-order valence-corrected chi connectivity index (χ4v) is 2.51. The molecule has 0 saturated heterocycles. The first-order chi connectivity index (χ1) is 10.7. The summed E-state index contributed by atoms with van der Waals surface area (Å²) in [6.07, 6.45) is 2.27. The maximum absolute atomic E-state index is 4.70. The molecule has 0 aliphatic carbocycles. The van der Waals surface area contributed by atoms with Crippen molar-refractivity contribution in [2.45, 2.75) is 33.6 Å². The number of aromatic nitrogens is 4. The van der Waals surface area contributed by atoms with E-state index in [2.05, 4.69) is 28.4 Å². The van der Waals surface area contributed by atoms with Crippen LogP contribution >= 0.6 is 12.4 Å². The SMILES string of the molecule is CCCCNc1nc(-n2nc(C)cc2C)nc2ccccc12.Cl. The molecular formula is C17H22ClN5. The molecule has 2 heterocycles. The van der Waals surface area contributed by atoms with Crippen LogP contribution in [0.2, 0.25) is 0 Å². The monoisotopic (exact) mass is 331 g/mol. The number of hydrogen-bond donors (Lipinski definition) is 1. The van der Waals surface area contributed by atoms with Crippen molar-refractivity contribution in [2.24, 2.45) is 0 Å². The fourth-order valence-electron chi connectivity index (χ4n) is 2.51. The maximum atomic E-state index is 4.70. The number of rotatable bonds is 5. The van der Waals surface area contributed by atoms with Gasteiger partial charge in [-0.25, -0.2) is 9.67 Å². The van der Waals surface area contributed by atoms with Crippen LogP contribution in [0.15, 0.2) is 30.3 Å². The minimum Gasteiger partial charge on any atom is -0.369 e. The molecule has 0 aliphatic rings. The lowest BCUT2D eigenvalue weighted by atomic mass is 10.2. The lowest BCUT2D eigenvalue weighted by Crippen LogP contribution is -2.10. The lowest BCUT2D eigenvalue weighted by Gasteiger charge is -2.11. The Labute approximate surface area is 142 Å². The zero-order valence-electron chi connectivity index (χ0n) is 13.7. The number of nitrogens with one attached hydrogen (secondary N) is 1. The predicted molar refractivity (Wildman–Crippen MR) is 96.8 cm³/mol. The van der Waals surface area contributed by atoms with Gasteiger partial charge in [-0.15, -0.1) is 12.4 Å². The topological polar surface area (TPSA) is 55.6 Å². The first-order valence-electron chi connectivity index (χ1n) is 7.73. The van der Waals surface area contributed by atoms with E-state index >= 15 is 0 Å². The number of benzene rings is 1. The van der Waals surface area contributed by atoms with Crippen LogP contribution in [0.4, 0.5) is 5.82 Å². The standard InChI is InChI=1S/C17H21N5.ClH/c1-4-5-10-18-16-14-8-6-7-9-15(14)19-17(20-16)22-13(3)11-12(2)21-22;/h6-9,11H,4-5,10H2,1-3H3,(H,18,19,20);1H. The van der Waals surface area contributed by atoms with Gasteiger partial charge in [-0.2, -0.15) is 10.1 Å². The first kappa shape index (κ1) is 17.2. The molecule has 0 unspecified atom stereocenters. The van der Waals surface area contributed by atoms with Crippen LogP contribution in [0, 0.1) is 13.8 Å². The molecule has 0 spiro atoms. The van der Waals surface area contributed by atoms with E-state index in [-0.39, 0.29) is 12.4 Å². The predicted octanol–water partition coefficient (Wildman–Crippen LogP) is 4.07. The largest absolute Gasteiger partial charge is 0.369 e. The van der Waals surface area contributed by atoms with E-state index in [4.69, 9.17) is 4.98 Å². The highest BCUT2D eigenvalue weighted by molar-refractivity contribution is 5.89. The maximum Gasteiger partial charge on any atom is 0.253 e. The van der Waals surface area contributed by atoms with Crippen molar-refractivity contribution in [1.29, 1.82) is 0 Å². The number of halogens is 1. The van der Waals surface area contributed by atoms with Crippen molar-refractivity contribution in [1.82, 2.24) is 19.7 Å². The number of hydrogen-bond acceptors (Lipinski definition) is 4. The summed E-state index contributed by atoms with van der Waals surface area (Å²) < 4.78 is 1.80. The molecule has 5 nitrogen and oxygen atoms in total. The second-order valence-corrected chi connectivity index (χ2v) is 5.51. The van der Waals surface area contributed by atoms with Gasteiger partial charge in [0.05, 0.1) is 11.2 Å². The van der Waals surface area contributed by atoms with Gasteiger partial charge in [0.2, 0.25) is 0 Å². The third-order valence-electron chi connectivity index (χ3n) is 3.61.